The lowest BCUT2D eigenvalue weighted by molar-refractivity contribution is 0.0527. The van der Waals surface area contributed by atoms with Crippen molar-refractivity contribution in [1.29, 1.82) is 5.41 Å². The molecule has 1 aromatic heterocycles. The predicted octanol–water partition coefficient (Wildman–Crippen LogP) is 3.00. The Balaban J connectivity index is 2.09. The Hall–Kier alpha value is -2.50. The van der Waals surface area contributed by atoms with E-state index >= 15 is 0 Å². The first-order valence-corrected chi connectivity index (χ1v) is 8.89. The van der Waals surface area contributed by atoms with Crippen LogP contribution in [0.25, 0.3) is 10.9 Å². The normalized spacial score (nSPS) is 14.8. The average Bonchev–Trinajstić information content (AvgIpc) is 3.20. The summed E-state index contributed by atoms with van der Waals surface area (Å²) in [6.07, 6.45) is 5.05. The highest BCUT2D eigenvalue weighted by Crippen LogP contribution is 2.36. The highest BCUT2D eigenvalue weighted by molar-refractivity contribution is 6.06. The number of esters is 1. The van der Waals surface area contributed by atoms with Gasteiger partial charge in [0.15, 0.2) is 5.96 Å². The van der Waals surface area contributed by atoms with Crippen LogP contribution in [0.15, 0.2) is 18.2 Å². The monoisotopic (exact) mass is 342 g/mol. The maximum Gasteiger partial charge on any atom is 0.340 e. The molecule has 1 heterocycles. The molecule has 0 atom stereocenters. The third kappa shape index (κ3) is 3.34. The molecule has 0 radical (unpaired) electrons. The van der Waals surface area contributed by atoms with E-state index in [9.17, 15) is 4.79 Å². The largest absolute Gasteiger partial charge is 0.462 e. The minimum atomic E-state index is -0.331. The number of nitrogens with two attached hydrogens (primary N) is 1. The highest BCUT2D eigenvalue weighted by Gasteiger charge is 2.24. The number of benzene rings is 1. The molecule has 0 saturated heterocycles. The molecule has 1 aliphatic carbocycles. The number of nitrogens with one attached hydrogen (secondary N) is 2. The molecule has 0 unspecified atom stereocenters. The zero-order chi connectivity index (χ0) is 18.0. The van der Waals surface area contributed by atoms with Crippen molar-refractivity contribution in [2.75, 3.05) is 6.61 Å². The molecule has 1 saturated carbocycles. The molecule has 0 bridgehead atoms. The van der Waals surface area contributed by atoms with Crippen LogP contribution in [-0.4, -0.2) is 23.1 Å². The van der Waals surface area contributed by atoms with Gasteiger partial charge in [0.2, 0.25) is 0 Å². The van der Waals surface area contributed by atoms with Crippen LogP contribution < -0.4 is 11.1 Å². The Morgan fingerprint density at radius 1 is 1.40 bits per heavy atom. The van der Waals surface area contributed by atoms with E-state index in [0.717, 1.165) is 16.6 Å². The lowest BCUT2D eigenvalue weighted by atomic mass is 9.96. The summed E-state index contributed by atoms with van der Waals surface area (Å²) in [7, 11) is 1.95. The van der Waals surface area contributed by atoms with Crippen LogP contribution in [0.2, 0.25) is 0 Å². The maximum absolute atomic E-state index is 12.5. The fourth-order valence-electron chi connectivity index (χ4n) is 3.84. The van der Waals surface area contributed by atoms with Crippen LogP contribution in [-0.2, 0) is 18.3 Å². The molecule has 134 valence electrons. The van der Waals surface area contributed by atoms with Gasteiger partial charge in [-0.25, -0.2) is 4.79 Å². The predicted molar refractivity (Wildman–Crippen MR) is 98.8 cm³/mol. The Kier molecular flexibility index (Phi) is 4.97. The Morgan fingerprint density at radius 2 is 2.12 bits per heavy atom. The molecule has 25 heavy (non-hydrogen) atoms. The molecule has 6 heteroatoms. The number of nitrogens with zero attached hydrogens (tertiary/aromatic N) is 1. The molecule has 0 spiro atoms. The van der Waals surface area contributed by atoms with Crippen LogP contribution >= 0.6 is 0 Å². The van der Waals surface area contributed by atoms with Crippen molar-refractivity contribution in [1.82, 2.24) is 9.88 Å². The molecule has 1 aromatic carbocycles. The standard InChI is InChI=1S/C19H26N4O2/c1-3-25-18(24)17-14-9-8-13(12-6-4-5-7-12)10-15(14)23(2)16(17)11-22-19(20)21/h8-10,12H,3-7,11H2,1-2H3,(H4,20,21,22). The molecular formula is C19H26N4O2. The second-order valence-corrected chi connectivity index (χ2v) is 6.63. The Labute approximate surface area is 147 Å². The van der Waals surface area contributed by atoms with Crippen molar-refractivity contribution in [3.8, 4) is 0 Å². The molecule has 2 aromatic rings. The van der Waals surface area contributed by atoms with E-state index in [-0.39, 0.29) is 11.9 Å². The van der Waals surface area contributed by atoms with Gasteiger partial charge in [0.25, 0.3) is 0 Å². The van der Waals surface area contributed by atoms with Gasteiger partial charge < -0.3 is 20.4 Å². The minimum Gasteiger partial charge on any atom is -0.462 e. The topological polar surface area (TPSA) is 93.1 Å². The van der Waals surface area contributed by atoms with Gasteiger partial charge in [0, 0.05) is 18.0 Å². The average molecular weight is 342 g/mol. The van der Waals surface area contributed by atoms with Gasteiger partial charge >= 0.3 is 5.97 Å². The van der Waals surface area contributed by atoms with E-state index in [4.69, 9.17) is 15.9 Å². The minimum absolute atomic E-state index is 0.119. The van der Waals surface area contributed by atoms with Crippen LogP contribution in [0.5, 0.6) is 0 Å². The second kappa shape index (κ2) is 7.17. The molecule has 1 aliphatic rings. The molecule has 4 N–H and O–H groups in total. The van der Waals surface area contributed by atoms with Gasteiger partial charge in [-0.15, -0.1) is 0 Å². The van der Waals surface area contributed by atoms with E-state index in [1.54, 1.807) is 6.92 Å². The van der Waals surface area contributed by atoms with Crippen molar-refractivity contribution in [3.63, 3.8) is 0 Å². The molecular weight excluding hydrogens is 316 g/mol. The lowest BCUT2D eigenvalue weighted by Gasteiger charge is -2.10. The summed E-state index contributed by atoms with van der Waals surface area (Å²) < 4.78 is 7.27. The fraction of sp³-hybridized carbons (Fsp3) is 0.474. The third-order valence-corrected chi connectivity index (χ3v) is 5.10. The summed E-state index contributed by atoms with van der Waals surface area (Å²) in [4.78, 5) is 12.5. The van der Waals surface area contributed by atoms with Crippen LogP contribution in [0.4, 0.5) is 0 Å². The number of aryl methyl sites for hydroxylation is 1. The summed E-state index contributed by atoms with van der Waals surface area (Å²) in [6.45, 7) is 2.44. The van der Waals surface area contributed by atoms with E-state index in [2.05, 4.69) is 17.4 Å². The van der Waals surface area contributed by atoms with Crippen molar-refractivity contribution in [2.45, 2.75) is 45.1 Å². The number of ether oxygens (including phenoxy) is 1. The Morgan fingerprint density at radius 3 is 2.76 bits per heavy atom. The molecule has 6 nitrogen and oxygen atoms in total. The number of fused-ring (bicyclic) bond motifs is 1. The number of carbonyl (C=O) groups excluding carboxylic acids is 1. The zero-order valence-corrected chi connectivity index (χ0v) is 14.9. The van der Waals surface area contributed by atoms with Crippen LogP contribution in [0.3, 0.4) is 0 Å². The number of rotatable bonds is 5. The SMILES string of the molecule is CCOC(=O)c1c(CNC(=N)N)n(C)c2cc(C3CCCC3)ccc12. The van der Waals surface area contributed by atoms with E-state index in [1.165, 1.54) is 31.2 Å². The van der Waals surface area contributed by atoms with Gasteiger partial charge in [-0.05, 0) is 37.3 Å². The van der Waals surface area contributed by atoms with Crippen molar-refractivity contribution >= 4 is 22.8 Å². The summed E-state index contributed by atoms with van der Waals surface area (Å²) in [5, 5.41) is 11.1. The number of hydrogen-bond acceptors (Lipinski definition) is 3. The van der Waals surface area contributed by atoms with Crippen molar-refractivity contribution in [3.05, 3.63) is 35.0 Å². The van der Waals surface area contributed by atoms with Crippen LogP contribution in [0.1, 0.15) is 60.1 Å². The summed E-state index contributed by atoms with van der Waals surface area (Å²) in [5.41, 5.74) is 9.13. The highest BCUT2D eigenvalue weighted by atomic mass is 16.5. The molecule has 1 fully saturated rings. The Bertz CT molecular complexity index is 803. The van der Waals surface area contributed by atoms with E-state index in [0.29, 0.717) is 24.6 Å². The van der Waals surface area contributed by atoms with Crippen molar-refractivity contribution < 1.29 is 9.53 Å². The summed E-state index contributed by atoms with van der Waals surface area (Å²) in [6, 6.07) is 6.38. The number of aromatic nitrogens is 1. The molecule has 0 aliphatic heterocycles. The molecule has 0 amide bonds. The van der Waals surface area contributed by atoms with E-state index in [1.807, 2.05) is 17.7 Å². The quantitative estimate of drug-likeness (QED) is 0.442. The van der Waals surface area contributed by atoms with Crippen LogP contribution in [0, 0.1) is 5.41 Å². The van der Waals surface area contributed by atoms with Gasteiger partial charge in [-0.2, -0.15) is 0 Å². The zero-order valence-electron chi connectivity index (χ0n) is 14.9. The maximum atomic E-state index is 12.5. The first kappa shape index (κ1) is 17.3. The van der Waals surface area contributed by atoms with Gasteiger partial charge in [0.05, 0.1) is 24.4 Å². The van der Waals surface area contributed by atoms with Gasteiger partial charge in [-0.1, -0.05) is 25.0 Å². The summed E-state index contributed by atoms with van der Waals surface area (Å²) >= 11 is 0. The second-order valence-electron chi connectivity index (χ2n) is 6.63. The van der Waals surface area contributed by atoms with Gasteiger partial charge in [0.1, 0.15) is 0 Å². The number of guanidine groups is 1. The molecule has 3 rings (SSSR count). The third-order valence-electron chi connectivity index (χ3n) is 5.10. The smallest absolute Gasteiger partial charge is 0.340 e. The summed E-state index contributed by atoms with van der Waals surface area (Å²) in [5.74, 6) is 0.165. The first-order chi connectivity index (χ1) is 12.0. The first-order valence-electron chi connectivity index (χ1n) is 8.89. The lowest BCUT2D eigenvalue weighted by Crippen LogP contribution is -2.31. The van der Waals surface area contributed by atoms with E-state index < -0.39 is 0 Å². The van der Waals surface area contributed by atoms with Gasteiger partial charge in [-0.3, -0.25) is 5.41 Å². The number of carbonyl (C=O) groups is 1. The van der Waals surface area contributed by atoms with Crippen molar-refractivity contribution in [2.24, 2.45) is 12.8 Å². The fourth-order valence-corrected chi connectivity index (χ4v) is 3.84. The number of hydrogen-bond donors (Lipinski definition) is 3.